The number of carbonyl (C=O) groups excluding carboxylic acids is 2. The predicted molar refractivity (Wildman–Crippen MR) is 132 cm³/mol. The second-order valence-corrected chi connectivity index (χ2v) is 10.5. The maximum Gasteiger partial charge on any atom is 0.352 e. The molecule has 0 aliphatic carbocycles. The number of oxime groups is 1. The van der Waals surface area contributed by atoms with E-state index in [1.54, 1.807) is 22.2 Å². The van der Waals surface area contributed by atoms with Crippen molar-refractivity contribution in [3.05, 3.63) is 64.0 Å². The number of benzene rings is 1. The monoisotopic (exact) mass is 543 g/mol. The van der Waals surface area contributed by atoms with Crippen LogP contribution in [0, 0.1) is 0 Å². The number of tetrazole rings is 1. The van der Waals surface area contributed by atoms with E-state index >= 15 is 0 Å². The zero-order valence-corrected chi connectivity index (χ0v) is 20.7. The third-order valence-corrected chi connectivity index (χ3v) is 8.65. The molecule has 184 valence electrons. The number of fused-ring (bicyclic) bond motifs is 1. The van der Waals surface area contributed by atoms with Crippen molar-refractivity contribution in [1.29, 1.82) is 0 Å². The highest BCUT2D eigenvalue weighted by Gasteiger charge is 2.54. The van der Waals surface area contributed by atoms with Crippen LogP contribution in [0.25, 0.3) is 5.69 Å². The first-order valence-electron chi connectivity index (χ1n) is 10.4. The van der Waals surface area contributed by atoms with Gasteiger partial charge in [0.15, 0.2) is 5.71 Å². The molecule has 2 aromatic heterocycles. The number of carboxylic acids is 1. The molecule has 2 aliphatic rings. The summed E-state index contributed by atoms with van der Waals surface area (Å²) in [6, 6.07) is 11.7. The summed E-state index contributed by atoms with van der Waals surface area (Å²) in [6.07, 6.45) is 0. The summed E-state index contributed by atoms with van der Waals surface area (Å²) in [5, 5.41) is 38.2. The molecular formula is C21H17N7O5S3. The first-order valence-corrected chi connectivity index (χ1v) is 13.3. The van der Waals surface area contributed by atoms with E-state index in [9.17, 15) is 24.7 Å². The number of nitrogens with zero attached hydrogens (tertiary/aromatic N) is 6. The molecule has 1 fully saturated rings. The van der Waals surface area contributed by atoms with Crippen molar-refractivity contribution in [1.82, 2.24) is 30.4 Å². The van der Waals surface area contributed by atoms with Crippen LogP contribution in [0.4, 0.5) is 0 Å². The van der Waals surface area contributed by atoms with Crippen molar-refractivity contribution in [2.45, 2.75) is 16.6 Å². The Hall–Kier alpha value is -3.69. The standard InChI is InChI=1S/C21H17N7O5S3/c29-17(14(24-33)13-7-4-8-34-13)22-15-18(30)27-16(20(31)32)11(9-35-19(15)27)10-36-21-23-25-26-28(21)12-5-2-1-3-6-12/h1-8,15,19,33H,9-10H2,(H,22,29)(H,31,32)/b24-14+/t15-,19-/m1/s1. The molecule has 0 unspecified atom stereocenters. The lowest BCUT2D eigenvalue weighted by molar-refractivity contribution is -0.150. The third-order valence-electron chi connectivity index (χ3n) is 5.42. The normalized spacial score (nSPS) is 19.6. The van der Waals surface area contributed by atoms with Crippen LogP contribution < -0.4 is 5.32 Å². The fourth-order valence-electron chi connectivity index (χ4n) is 3.78. The molecule has 3 N–H and O–H groups in total. The molecular weight excluding hydrogens is 526 g/mol. The molecule has 15 heteroatoms. The van der Waals surface area contributed by atoms with Gasteiger partial charge >= 0.3 is 5.97 Å². The second kappa shape index (κ2) is 10.1. The molecule has 2 aliphatic heterocycles. The lowest BCUT2D eigenvalue weighted by Gasteiger charge is -2.49. The van der Waals surface area contributed by atoms with Gasteiger partial charge in [-0.05, 0) is 39.6 Å². The number of aliphatic carboxylic acids is 1. The Balaban J connectivity index is 1.31. The highest BCUT2D eigenvalue weighted by atomic mass is 32.2. The van der Waals surface area contributed by atoms with Crippen LogP contribution >= 0.6 is 34.9 Å². The van der Waals surface area contributed by atoms with Gasteiger partial charge in [0.2, 0.25) is 5.16 Å². The van der Waals surface area contributed by atoms with Gasteiger partial charge < -0.3 is 15.6 Å². The van der Waals surface area contributed by atoms with Crippen LogP contribution in [0.15, 0.2) is 69.4 Å². The molecule has 0 radical (unpaired) electrons. The summed E-state index contributed by atoms with van der Waals surface area (Å²) in [7, 11) is 0. The number of hydrogen-bond acceptors (Lipinski definition) is 11. The zero-order chi connectivity index (χ0) is 25.2. The van der Waals surface area contributed by atoms with Gasteiger partial charge in [0, 0.05) is 11.5 Å². The molecule has 4 heterocycles. The molecule has 12 nitrogen and oxygen atoms in total. The fourth-order valence-corrected chi connectivity index (χ4v) is 6.86. The minimum atomic E-state index is -1.23. The fraction of sp³-hybridized carbons (Fsp3) is 0.190. The molecule has 5 rings (SSSR count). The van der Waals surface area contributed by atoms with Gasteiger partial charge in [-0.1, -0.05) is 41.2 Å². The summed E-state index contributed by atoms with van der Waals surface area (Å²) >= 11 is 3.83. The smallest absolute Gasteiger partial charge is 0.352 e. The highest BCUT2D eigenvalue weighted by molar-refractivity contribution is 8.01. The number of carbonyl (C=O) groups is 3. The van der Waals surface area contributed by atoms with E-state index in [1.807, 2.05) is 30.3 Å². The number of para-hydroxylation sites is 1. The average molecular weight is 544 g/mol. The van der Waals surface area contributed by atoms with Crippen LogP contribution in [0.5, 0.6) is 0 Å². The summed E-state index contributed by atoms with van der Waals surface area (Å²) in [5.41, 5.74) is 1.00. The van der Waals surface area contributed by atoms with Crippen molar-refractivity contribution in [3.8, 4) is 5.69 Å². The largest absolute Gasteiger partial charge is 0.477 e. The first-order chi connectivity index (χ1) is 17.5. The van der Waals surface area contributed by atoms with Gasteiger partial charge in [-0.25, -0.2) is 4.79 Å². The molecule has 3 aromatic rings. The van der Waals surface area contributed by atoms with Crippen molar-refractivity contribution in [2.75, 3.05) is 11.5 Å². The van der Waals surface area contributed by atoms with Gasteiger partial charge in [0.25, 0.3) is 11.8 Å². The number of rotatable bonds is 8. The lowest BCUT2D eigenvalue weighted by atomic mass is 10.0. The van der Waals surface area contributed by atoms with Gasteiger partial charge in [0.1, 0.15) is 17.1 Å². The lowest BCUT2D eigenvalue weighted by Crippen LogP contribution is -2.71. The number of thiophene rings is 1. The van der Waals surface area contributed by atoms with Crippen LogP contribution in [0.2, 0.25) is 0 Å². The van der Waals surface area contributed by atoms with E-state index in [2.05, 4.69) is 26.0 Å². The quantitative estimate of drug-likeness (QED) is 0.125. The van der Waals surface area contributed by atoms with Crippen molar-refractivity contribution < 1.29 is 24.7 Å². The van der Waals surface area contributed by atoms with E-state index in [-0.39, 0.29) is 17.2 Å². The van der Waals surface area contributed by atoms with Crippen molar-refractivity contribution in [3.63, 3.8) is 0 Å². The van der Waals surface area contributed by atoms with Crippen molar-refractivity contribution in [2.24, 2.45) is 5.16 Å². The summed E-state index contributed by atoms with van der Waals surface area (Å²) in [6.45, 7) is 0. The van der Waals surface area contributed by atoms with Gasteiger partial charge in [0.05, 0.1) is 10.6 Å². The Morgan fingerprint density at radius 1 is 1.22 bits per heavy atom. The Labute approximate surface area is 216 Å². The molecule has 0 spiro atoms. The number of β-lactam (4-membered cyclic amide) rings is 1. The van der Waals surface area contributed by atoms with E-state index in [0.717, 1.165) is 5.69 Å². The zero-order valence-electron chi connectivity index (χ0n) is 18.2. The molecule has 0 bridgehead atoms. The number of nitrogens with one attached hydrogen (secondary N) is 1. The number of amides is 2. The molecule has 2 atom stereocenters. The van der Waals surface area contributed by atoms with E-state index in [1.165, 1.54) is 39.8 Å². The van der Waals surface area contributed by atoms with Crippen LogP contribution in [0.3, 0.4) is 0 Å². The van der Waals surface area contributed by atoms with Gasteiger partial charge in [-0.15, -0.1) is 28.2 Å². The maximum absolute atomic E-state index is 12.9. The Bertz CT molecular complexity index is 1370. The number of aromatic nitrogens is 4. The molecule has 2 amide bonds. The molecule has 1 saturated heterocycles. The highest BCUT2D eigenvalue weighted by Crippen LogP contribution is 2.41. The Morgan fingerprint density at radius 3 is 2.72 bits per heavy atom. The summed E-state index contributed by atoms with van der Waals surface area (Å²) < 4.78 is 1.55. The number of thioether (sulfide) groups is 2. The SMILES string of the molecule is O=C(O)C1=C(CSc2nnnn2-c2ccccc2)CS[C@@H]2[C@H](NC(=O)/C(=N/O)c3cccs3)C(=O)N12. The minimum absolute atomic E-state index is 0.102. The van der Waals surface area contributed by atoms with E-state index in [0.29, 0.717) is 21.4 Å². The van der Waals surface area contributed by atoms with Crippen LogP contribution in [-0.2, 0) is 14.4 Å². The summed E-state index contributed by atoms with van der Waals surface area (Å²) in [5.74, 6) is -1.89. The minimum Gasteiger partial charge on any atom is -0.477 e. The molecule has 1 aromatic carbocycles. The van der Waals surface area contributed by atoms with Crippen LogP contribution in [0.1, 0.15) is 4.88 Å². The Morgan fingerprint density at radius 2 is 2.03 bits per heavy atom. The number of hydrogen-bond donors (Lipinski definition) is 3. The first kappa shape index (κ1) is 24.0. The second-order valence-electron chi connectivity index (χ2n) is 7.54. The topological polar surface area (TPSA) is 163 Å². The van der Waals surface area contributed by atoms with E-state index < -0.39 is 29.2 Å². The number of carboxylic acid groups (broad SMARTS) is 1. The maximum atomic E-state index is 12.9. The summed E-state index contributed by atoms with van der Waals surface area (Å²) in [4.78, 5) is 39.3. The predicted octanol–water partition coefficient (Wildman–Crippen LogP) is 1.43. The van der Waals surface area contributed by atoms with Gasteiger partial charge in [-0.2, -0.15) is 4.68 Å². The average Bonchev–Trinajstić information content (AvgIpc) is 3.59. The van der Waals surface area contributed by atoms with Crippen molar-refractivity contribution >= 4 is 58.4 Å². The molecule has 0 saturated carbocycles. The Kier molecular flexibility index (Phi) is 6.75. The van der Waals surface area contributed by atoms with E-state index in [4.69, 9.17) is 0 Å². The molecule has 36 heavy (non-hydrogen) atoms. The third kappa shape index (κ3) is 4.36. The van der Waals surface area contributed by atoms with Gasteiger partial charge in [-0.3, -0.25) is 14.5 Å². The van der Waals surface area contributed by atoms with Crippen LogP contribution in [-0.4, -0.2) is 81.8 Å².